The second-order valence-corrected chi connectivity index (χ2v) is 5.52. The number of hydrogen-bond donors (Lipinski definition) is 1. The molecular weight excluding hydrogens is 214 g/mol. The van der Waals surface area contributed by atoms with E-state index in [2.05, 4.69) is 12.2 Å². The van der Waals surface area contributed by atoms with Crippen molar-refractivity contribution in [3.8, 4) is 0 Å². The summed E-state index contributed by atoms with van der Waals surface area (Å²) in [7, 11) is 0. The molecule has 2 unspecified atom stereocenters. The molecule has 1 N–H and O–H groups in total. The van der Waals surface area contributed by atoms with Crippen LogP contribution in [0.3, 0.4) is 0 Å². The minimum absolute atomic E-state index is 0.0632. The zero-order valence-electron chi connectivity index (χ0n) is 10.9. The molecule has 1 heterocycles. The summed E-state index contributed by atoms with van der Waals surface area (Å²) in [5.41, 5.74) is 0. The molecule has 0 bridgehead atoms. The van der Waals surface area contributed by atoms with Crippen molar-refractivity contribution in [3.63, 3.8) is 0 Å². The third kappa shape index (κ3) is 3.70. The van der Waals surface area contributed by atoms with Gasteiger partial charge in [0.2, 0.25) is 0 Å². The first-order chi connectivity index (χ1) is 8.29. The molecule has 98 valence electrons. The first kappa shape index (κ1) is 12.9. The van der Waals surface area contributed by atoms with Gasteiger partial charge in [0, 0.05) is 0 Å². The van der Waals surface area contributed by atoms with Crippen LogP contribution in [0, 0.1) is 11.8 Å². The van der Waals surface area contributed by atoms with Gasteiger partial charge in [0.25, 0.3) is 0 Å². The number of carbonyl (C=O) groups is 1. The fourth-order valence-electron chi connectivity index (χ4n) is 3.04. The molecule has 0 amide bonds. The van der Waals surface area contributed by atoms with Gasteiger partial charge in [0.05, 0.1) is 5.92 Å². The maximum absolute atomic E-state index is 12.0. The Balaban J connectivity index is 1.77. The highest BCUT2D eigenvalue weighted by atomic mass is 16.5. The van der Waals surface area contributed by atoms with Crippen LogP contribution in [-0.4, -0.2) is 25.2 Å². The molecule has 3 nitrogen and oxygen atoms in total. The minimum Gasteiger partial charge on any atom is -0.462 e. The van der Waals surface area contributed by atoms with E-state index in [1.807, 2.05) is 0 Å². The van der Waals surface area contributed by atoms with Crippen LogP contribution in [-0.2, 0) is 9.53 Å². The highest BCUT2D eigenvalue weighted by Gasteiger charge is 2.28. The fourth-order valence-corrected chi connectivity index (χ4v) is 3.04. The van der Waals surface area contributed by atoms with Crippen molar-refractivity contribution < 1.29 is 9.53 Å². The summed E-state index contributed by atoms with van der Waals surface area (Å²) in [6.07, 6.45) is 8.03. The lowest BCUT2D eigenvalue weighted by Gasteiger charge is -2.30. The van der Waals surface area contributed by atoms with E-state index in [1.54, 1.807) is 0 Å². The summed E-state index contributed by atoms with van der Waals surface area (Å²) in [6.45, 7) is 4.16. The standard InChI is InChI=1S/C14H25NO2/c1-2-11-4-3-5-13(10-11)17-14(16)12-6-8-15-9-7-12/h11-13,15H,2-10H2,1H3. The lowest BCUT2D eigenvalue weighted by Crippen LogP contribution is -2.35. The number of carbonyl (C=O) groups excluding carboxylic acids is 1. The van der Waals surface area contributed by atoms with Gasteiger partial charge in [-0.15, -0.1) is 0 Å². The lowest BCUT2D eigenvalue weighted by molar-refractivity contribution is -0.157. The van der Waals surface area contributed by atoms with Gasteiger partial charge >= 0.3 is 5.97 Å². The van der Waals surface area contributed by atoms with E-state index in [1.165, 1.54) is 19.3 Å². The van der Waals surface area contributed by atoms with E-state index >= 15 is 0 Å². The number of esters is 1. The van der Waals surface area contributed by atoms with Crippen molar-refractivity contribution in [2.75, 3.05) is 13.1 Å². The fraction of sp³-hybridized carbons (Fsp3) is 0.929. The Morgan fingerprint density at radius 1 is 1.24 bits per heavy atom. The molecule has 2 atom stereocenters. The van der Waals surface area contributed by atoms with Crippen LogP contribution in [0.5, 0.6) is 0 Å². The maximum atomic E-state index is 12.0. The van der Waals surface area contributed by atoms with E-state index in [9.17, 15) is 4.79 Å². The number of hydrogen-bond acceptors (Lipinski definition) is 3. The molecule has 0 aromatic heterocycles. The molecule has 17 heavy (non-hydrogen) atoms. The first-order valence-corrected chi connectivity index (χ1v) is 7.20. The van der Waals surface area contributed by atoms with Crippen LogP contribution in [0.25, 0.3) is 0 Å². The molecule has 0 aromatic rings. The largest absolute Gasteiger partial charge is 0.462 e. The number of rotatable bonds is 3. The van der Waals surface area contributed by atoms with Gasteiger partial charge in [0.15, 0.2) is 0 Å². The Labute approximate surface area is 104 Å². The number of piperidine rings is 1. The zero-order chi connectivity index (χ0) is 12.1. The normalized spacial score (nSPS) is 31.1. The summed E-state index contributed by atoms with van der Waals surface area (Å²) in [6, 6.07) is 0. The molecule has 0 radical (unpaired) electrons. The average molecular weight is 239 g/mol. The molecular formula is C14H25NO2. The summed E-state index contributed by atoms with van der Waals surface area (Å²) < 4.78 is 5.70. The Kier molecular flexibility index (Phi) is 4.84. The topological polar surface area (TPSA) is 38.3 Å². The van der Waals surface area contributed by atoms with Crippen LogP contribution in [0.1, 0.15) is 51.9 Å². The van der Waals surface area contributed by atoms with Crippen LogP contribution >= 0.6 is 0 Å². The molecule has 0 spiro atoms. The van der Waals surface area contributed by atoms with Gasteiger partial charge in [-0.3, -0.25) is 4.79 Å². The zero-order valence-corrected chi connectivity index (χ0v) is 10.9. The predicted octanol–water partition coefficient (Wildman–Crippen LogP) is 2.50. The van der Waals surface area contributed by atoms with Crippen molar-refractivity contribution >= 4 is 5.97 Å². The third-order valence-corrected chi connectivity index (χ3v) is 4.27. The predicted molar refractivity (Wildman–Crippen MR) is 67.7 cm³/mol. The Morgan fingerprint density at radius 2 is 2.00 bits per heavy atom. The van der Waals surface area contributed by atoms with E-state index in [0.717, 1.165) is 44.7 Å². The van der Waals surface area contributed by atoms with Gasteiger partial charge in [0.1, 0.15) is 6.10 Å². The van der Waals surface area contributed by atoms with Crippen LogP contribution in [0.2, 0.25) is 0 Å². The average Bonchev–Trinajstić information content (AvgIpc) is 2.40. The highest BCUT2D eigenvalue weighted by molar-refractivity contribution is 5.72. The highest BCUT2D eigenvalue weighted by Crippen LogP contribution is 2.29. The molecule has 1 aliphatic heterocycles. The number of ether oxygens (including phenoxy) is 1. The summed E-state index contributed by atoms with van der Waals surface area (Å²) in [4.78, 5) is 12.0. The molecule has 2 fully saturated rings. The first-order valence-electron chi connectivity index (χ1n) is 7.20. The minimum atomic E-state index is 0.0632. The van der Waals surface area contributed by atoms with E-state index < -0.39 is 0 Å². The second-order valence-electron chi connectivity index (χ2n) is 5.52. The van der Waals surface area contributed by atoms with Crippen molar-refractivity contribution in [3.05, 3.63) is 0 Å². The van der Waals surface area contributed by atoms with E-state index in [0.29, 0.717) is 0 Å². The van der Waals surface area contributed by atoms with Gasteiger partial charge in [-0.2, -0.15) is 0 Å². The summed E-state index contributed by atoms with van der Waals surface area (Å²) in [5, 5.41) is 3.28. The monoisotopic (exact) mass is 239 g/mol. The van der Waals surface area contributed by atoms with E-state index in [-0.39, 0.29) is 18.0 Å². The quantitative estimate of drug-likeness (QED) is 0.769. The summed E-state index contributed by atoms with van der Waals surface area (Å²) in [5.74, 6) is 0.987. The molecule has 2 aliphatic rings. The Bertz CT molecular complexity index is 249. The summed E-state index contributed by atoms with van der Waals surface area (Å²) >= 11 is 0. The molecule has 1 saturated carbocycles. The Morgan fingerprint density at radius 3 is 2.71 bits per heavy atom. The van der Waals surface area contributed by atoms with Crippen molar-refractivity contribution in [2.45, 2.75) is 58.0 Å². The van der Waals surface area contributed by atoms with Gasteiger partial charge in [-0.25, -0.2) is 0 Å². The van der Waals surface area contributed by atoms with Crippen LogP contribution in [0.15, 0.2) is 0 Å². The maximum Gasteiger partial charge on any atom is 0.309 e. The van der Waals surface area contributed by atoms with Crippen molar-refractivity contribution in [1.82, 2.24) is 5.32 Å². The van der Waals surface area contributed by atoms with E-state index in [4.69, 9.17) is 4.74 Å². The van der Waals surface area contributed by atoms with Crippen molar-refractivity contribution in [2.24, 2.45) is 11.8 Å². The third-order valence-electron chi connectivity index (χ3n) is 4.27. The van der Waals surface area contributed by atoms with Gasteiger partial charge in [-0.1, -0.05) is 19.8 Å². The smallest absolute Gasteiger partial charge is 0.309 e. The van der Waals surface area contributed by atoms with Gasteiger partial charge in [-0.05, 0) is 51.1 Å². The Hall–Kier alpha value is -0.570. The van der Waals surface area contributed by atoms with Crippen LogP contribution in [0.4, 0.5) is 0 Å². The SMILES string of the molecule is CCC1CCCC(OC(=O)C2CCNCC2)C1. The van der Waals surface area contributed by atoms with Crippen LogP contribution < -0.4 is 5.32 Å². The molecule has 2 rings (SSSR count). The molecule has 1 aliphatic carbocycles. The van der Waals surface area contributed by atoms with Crippen molar-refractivity contribution in [1.29, 1.82) is 0 Å². The molecule has 0 aromatic carbocycles. The second kappa shape index (κ2) is 6.39. The molecule has 1 saturated heterocycles. The molecule has 3 heteroatoms. The lowest BCUT2D eigenvalue weighted by atomic mass is 9.85. The van der Waals surface area contributed by atoms with Gasteiger partial charge < -0.3 is 10.1 Å². The number of nitrogens with one attached hydrogen (secondary N) is 1.